The molecule has 0 radical (unpaired) electrons. The van der Waals surface area contributed by atoms with Gasteiger partial charge in [-0.2, -0.15) is 0 Å². The van der Waals surface area contributed by atoms with E-state index in [2.05, 4.69) is 5.32 Å². The first kappa shape index (κ1) is 9.36. The van der Waals surface area contributed by atoms with Crippen LogP contribution < -0.4 is 5.32 Å². The van der Waals surface area contributed by atoms with Crippen LogP contribution >= 0.6 is 0 Å². The van der Waals surface area contributed by atoms with Crippen molar-refractivity contribution >= 4 is 0 Å². The van der Waals surface area contributed by atoms with Crippen molar-refractivity contribution in [2.24, 2.45) is 0 Å². The number of rotatable bonds is 0. The Morgan fingerprint density at radius 2 is 1.92 bits per heavy atom. The molecule has 0 spiro atoms. The normalized spacial score (nSPS) is 47.3. The fraction of sp³-hybridized carbons (Fsp3) is 1.00. The summed E-state index contributed by atoms with van der Waals surface area (Å²) in [6.07, 6.45) is -1.90. The Labute approximate surface area is 77.0 Å². The second-order valence-electron chi connectivity index (χ2n) is 3.80. The van der Waals surface area contributed by atoms with Crippen molar-refractivity contribution in [2.45, 2.75) is 30.9 Å². The molecule has 2 aliphatic rings. The molecule has 0 aromatic heterocycles. The molecule has 2 saturated heterocycles. The van der Waals surface area contributed by atoms with Crippen LogP contribution in [0.2, 0.25) is 0 Å². The van der Waals surface area contributed by atoms with E-state index < -0.39 is 18.3 Å². The van der Waals surface area contributed by atoms with E-state index in [4.69, 9.17) is 0 Å². The van der Waals surface area contributed by atoms with Gasteiger partial charge in [0.2, 0.25) is 0 Å². The Bertz CT molecular complexity index is 188. The van der Waals surface area contributed by atoms with E-state index in [-0.39, 0.29) is 6.17 Å². The molecule has 4 atom stereocenters. The van der Waals surface area contributed by atoms with Crippen LogP contribution in [0, 0.1) is 0 Å². The maximum atomic E-state index is 9.63. The number of piperidine rings is 1. The number of hydrogen-bond acceptors (Lipinski definition) is 5. The average molecular weight is 188 g/mol. The number of nitrogens with zero attached hydrogens (tertiary/aromatic N) is 1. The zero-order valence-electron chi connectivity index (χ0n) is 7.43. The van der Waals surface area contributed by atoms with Gasteiger partial charge in [0.15, 0.2) is 0 Å². The van der Waals surface area contributed by atoms with Gasteiger partial charge < -0.3 is 15.3 Å². The molecule has 5 nitrogen and oxygen atoms in total. The summed E-state index contributed by atoms with van der Waals surface area (Å²) in [5, 5.41) is 31.6. The molecular weight excluding hydrogens is 172 g/mol. The monoisotopic (exact) mass is 188 g/mol. The SMILES string of the molecule is O[C@@H]1[C@@H](O)[C@@H]2NCCCN2C[C@H]1O. The number of hydrogen-bond donors (Lipinski definition) is 4. The lowest BCUT2D eigenvalue weighted by Gasteiger charge is -2.46. The van der Waals surface area contributed by atoms with Crippen molar-refractivity contribution in [3.05, 3.63) is 0 Å². The minimum absolute atomic E-state index is 0.188. The van der Waals surface area contributed by atoms with Crippen molar-refractivity contribution in [2.75, 3.05) is 19.6 Å². The Kier molecular flexibility index (Phi) is 2.53. The van der Waals surface area contributed by atoms with E-state index in [0.717, 1.165) is 19.5 Å². The fourth-order valence-electron chi connectivity index (χ4n) is 2.10. The van der Waals surface area contributed by atoms with E-state index in [1.165, 1.54) is 0 Å². The van der Waals surface area contributed by atoms with Gasteiger partial charge in [-0.3, -0.25) is 10.2 Å². The number of aliphatic hydroxyl groups excluding tert-OH is 3. The van der Waals surface area contributed by atoms with Crippen LogP contribution in [0.15, 0.2) is 0 Å². The predicted octanol–water partition coefficient (Wildman–Crippen LogP) is -2.30. The van der Waals surface area contributed by atoms with Crippen molar-refractivity contribution in [1.82, 2.24) is 10.2 Å². The smallest absolute Gasteiger partial charge is 0.111 e. The van der Waals surface area contributed by atoms with Crippen molar-refractivity contribution in [3.8, 4) is 0 Å². The second-order valence-corrected chi connectivity index (χ2v) is 3.80. The molecule has 2 aliphatic heterocycles. The maximum absolute atomic E-state index is 9.63. The minimum atomic E-state index is -1.02. The molecular formula is C8H16N2O3. The number of aliphatic hydroxyl groups is 3. The second kappa shape index (κ2) is 3.51. The summed E-state index contributed by atoms with van der Waals surface area (Å²) in [4.78, 5) is 1.98. The fourth-order valence-corrected chi connectivity index (χ4v) is 2.10. The molecule has 2 heterocycles. The first-order chi connectivity index (χ1) is 6.20. The van der Waals surface area contributed by atoms with Gasteiger partial charge in [0.05, 0.1) is 12.3 Å². The summed E-state index contributed by atoms with van der Waals surface area (Å²) < 4.78 is 0. The van der Waals surface area contributed by atoms with E-state index >= 15 is 0 Å². The first-order valence-corrected chi connectivity index (χ1v) is 4.72. The van der Waals surface area contributed by atoms with Crippen LogP contribution in [0.25, 0.3) is 0 Å². The van der Waals surface area contributed by atoms with Crippen molar-refractivity contribution in [1.29, 1.82) is 0 Å². The average Bonchev–Trinajstić information content (AvgIpc) is 2.15. The van der Waals surface area contributed by atoms with E-state index in [0.29, 0.717) is 6.54 Å². The first-order valence-electron chi connectivity index (χ1n) is 4.72. The molecule has 0 aromatic carbocycles. The lowest BCUT2D eigenvalue weighted by atomic mass is 9.97. The third-order valence-corrected chi connectivity index (χ3v) is 2.86. The Balaban J connectivity index is 2.08. The van der Waals surface area contributed by atoms with Gasteiger partial charge in [-0.25, -0.2) is 0 Å². The lowest BCUT2D eigenvalue weighted by molar-refractivity contribution is -0.149. The predicted molar refractivity (Wildman–Crippen MR) is 46.0 cm³/mol. The summed E-state index contributed by atoms with van der Waals surface area (Å²) in [6.45, 7) is 2.18. The van der Waals surface area contributed by atoms with Gasteiger partial charge in [0.1, 0.15) is 12.2 Å². The molecule has 0 bridgehead atoms. The van der Waals surface area contributed by atoms with Gasteiger partial charge in [-0.05, 0) is 13.0 Å². The van der Waals surface area contributed by atoms with Crippen molar-refractivity contribution in [3.63, 3.8) is 0 Å². The molecule has 13 heavy (non-hydrogen) atoms. The molecule has 0 aliphatic carbocycles. The number of nitrogens with one attached hydrogen (secondary N) is 1. The van der Waals surface area contributed by atoms with Gasteiger partial charge in [-0.1, -0.05) is 0 Å². The van der Waals surface area contributed by atoms with Crippen LogP contribution in [0.5, 0.6) is 0 Å². The molecule has 0 saturated carbocycles. The van der Waals surface area contributed by atoms with E-state index in [1.807, 2.05) is 4.90 Å². The summed E-state index contributed by atoms with van der Waals surface area (Å²) in [6, 6.07) is 0. The molecule has 5 heteroatoms. The van der Waals surface area contributed by atoms with Gasteiger partial charge in [0, 0.05) is 13.1 Å². The van der Waals surface area contributed by atoms with Crippen LogP contribution in [-0.2, 0) is 0 Å². The Morgan fingerprint density at radius 1 is 1.15 bits per heavy atom. The van der Waals surface area contributed by atoms with Crippen LogP contribution in [0.1, 0.15) is 6.42 Å². The summed E-state index contributed by atoms with van der Waals surface area (Å²) in [7, 11) is 0. The molecule has 2 fully saturated rings. The third-order valence-electron chi connectivity index (χ3n) is 2.86. The van der Waals surface area contributed by atoms with E-state index in [1.54, 1.807) is 0 Å². The van der Waals surface area contributed by atoms with Gasteiger partial charge >= 0.3 is 0 Å². The Morgan fingerprint density at radius 3 is 2.69 bits per heavy atom. The zero-order valence-corrected chi connectivity index (χ0v) is 7.43. The van der Waals surface area contributed by atoms with E-state index in [9.17, 15) is 15.3 Å². The van der Waals surface area contributed by atoms with Crippen LogP contribution in [-0.4, -0.2) is 64.3 Å². The molecule has 0 aromatic rings. The molecule has 0 unspecified atom stereocenters. The minimum Gasteiger partial charge on any atom is -0.389 e. The summed E-state index contributed by atoms with van der Waals surface area (Å²) in [5.41, 5.74) is 0. The van der Waals surface area contributed by atoms with Gasteiger partial charge in [-0.15, -0.1) is 0 Å². The quantitative estimate of drug-likeness (QED) is 0.344. The summed E-state index contributed by atoms with van der Waals surface area (Å²) in [5.74, 6) is 0. The summed E-state index contributed by atoms with van der Waals surface area (Å²) >= 11 is 0. The number of fused-ring (bicyclic) bond motifs is 1. The van der Waals surface area contributed by atoms with Gasteiger partial charge in [0.25, 0.3) is 0 Å². The Hall–Kier alpha value is -0.200. The van der Waals surface area contributed by atoms with Crippen LogP contribution in [0.3, 0.4) is 0 Å². The topological polar surface area (TPSA) is 76.0 Å². The molecule has 2 rings (SSSR count). The van der Waals surface area contributed by atoms with Crippen molar-refractivity contribution < 1.29 is 15.3 Å². The molecule has 4 N–H and O–H groups in total. The zero-order chi connectivity index (χ0) is 9.42. The maximum Gasteiger partial charge on any atom is 0.111 e. The molecule has 76 valence electrons. The van der Waals surface area contributed by atoms with Crippen LogP contribution in [0.4, 0.5) is 0 Å². The largest absolute Gasteiger partial charge is 0.389 e. The highest BCUT2D eigenvalue weighted by Crippen LogP contribution is 2.19. The highest BCUT2D eigenvalue weighted by molar-refractivity contribution is 4.94. The standard InChI is InChI=1S/C8H16N2O3/c11-5-4-10-3-1-2-9-8(10)7(13)6(5)12/h5-9,11-13H,1-4H2/t5-,6+,7-,8-/m1/s1. The lowest BCUT2D eigenvalue weighted by Crippen LogP contribution is -2.68. The highest BCUT2D eigenvalue weighted by Gasteiger charge is 2.41. The highest BCUT2D eigenvalue weighted by atomic mass is 16.4. The third kappa shape index (κ3) is 1.58. The molecule has 0 amide bonds.